The van der Waals surface area contributed by atoms with Crippen LogP contribution < -0.4 is 0 Å². The topological polar surface area (TPSA) is 37.3 Å². The minimum Gasteiger partial charge on any atom is -0.508 e. The first kappa shape index (κ1) is 10.0. The molecule has 1 atom stereocenters. The largest absolute Gasteiger partial charge is 0.508 e. The van der Waals surface area contributed by atoms with E-state index >= 15 is 0 Å². The van der Waals surface area contributed by atoms with Gasteiger partial charge in [0.1, 0.15) is 5.76 Å². The van der Waals surface area contributed by atoms with Crippen LogP contribution in [-0.2, 0) is 4.79 Å². The van der Waals surface area contributed by atoms with E-state index in [1.807, 2.05) is 0 Å². The van der Waals surface area contributed by atoms with E-state index in [-0.39, 0.29) is 11.5 Å². The van der Waals surface area contributed by atoms with E-state index < -0.39 is 0 Å². The lowest BCUT2D eigenvalue weighted by atomic mass is 9.89. The van der Waals surface area contributed by atoms with E-state index in [0.29, 0.717) is 12.3 Å². The van der Waals surface area contributed by atoms with Crippen molar-refractivity contribution in [1.29, 1.82) is 0 Å². The number of hydrogen-bond acceptors (Lipinski definition) is 2. The van der Waals surface area contributed by atoms with Gasteiger partial charge in [-0.1, -0.05) is 25.8 Å². The summed E-state index contributed by atoms with van der Waals surface area (Å²) in [6.45, 7) is 4.22. The van der Waals surface area contributed by atoms with Crippen LogP contribution in [0.1, 0.15) is 33.1 Å². The summed E-state index contributed by atoms with van der Waals surface area (Å²) in [6.07, 6.45) is 5.68. The van der Waals surface area contributed by atoms with Gasteiger partial charge in [-0.3, -0.25) is 4.79 Å². The highest BCUT2D eigenvalue weighted by atomic mass is 16.3. The molecular formula is C11H16O2. The first-order valence-electron chi connectivity index (χ1n) is 4.77. The maximum atomic E-state index is 11.1. The van der Waals surface area contributed by atoms with Gasteiger partial charge in [-0.25, -0.2) is 0 Å². The van der Waals surface area contributed by atoms with Gasteiger partial charge in [0.05, 0.1) is 0 Å². The van der Waals surface area contributed by atoms with Crippen molar-refractivity contribution in [3.8, 4) is 0 Å². The molecule has 72 valence electrons. The van der Waals surface area contributed by atoms with Crippen molar-refractivity contribution in [1.82, 2.24) is 0 Å². The van der Waals surface area contributed by atoms with E-state index in [1.165, 1.54) is 6.08 Å². The van der Waals surface area contributed by atoms with Crippen molar-refractivity contribution in [2.75, 3.05) is 0 Å². The highest BCUT2D eigenvalue weighted by molar-refractivity contribution is 5.93. The van der Waals surface area contributed by atoms with Crippen molar-refractivity contribution in [2.45, 2.75) is 33.1 Å². The monoisotopic (exact) mass is 180 g/mol. The van der Waals surface area contributed by atoms with E-state index in [1.54, 1.807) is 6.08 Å². The first-order chi connectivity index (χ1) is 6.13. The molecule has 0 fully saturated rings. The molecule has 13 heavy (non-hydrogen) atoms. The molecule has 0 amide bonds. The van der Waals surface area contributed by atoms with Crippen molar-refractivity contribution in [3.63, 3.8) is 0 Å². The number of aliphatic hydroxyl groups is 1. The molecule has 1 N–H and O–H groups in total. The van der Waals surface area contributed by atoms with Gasteiger partial charge in [-0.05, 0) is 18.4 Å². The van der Waals surface area contributed by atoms with Crippen LogP contribution in [0.4, 0.5) is 0 Å². The summed E-state index contributed by atoms with van der Waals surface area (Å²) < 4.78 is 0. The summed E-state index contributed by atoms with van der Waals surface area (Å²) >= 11 is 0. The number of carbonyl (C=O) groups excluding carboxylic acids is 1. The van der Waals surface area contributed by atoms with Crippen LogP contribution in [0.25, 0.3) is 0 Å². The Balaban J connectivity index is 2.70. The molecular weight excluding hydrogens is 164 g/mol. The van der Waals surface area contributed by atoms with Gasteiger partial charge in [-0.2, -0.15) is 0 Å². The van der Waals surface area contributed by atoms with Gasteiger partial charge in [0.25, 0.3) is 0 Å². The fourth-order valence-electron chi connectivity index (χ4n) is 1.63. The molecule has 0 aromatic heterocycles. The first-order valence-corrected chi connectivity index (χ1v) is 4.77. The van der Waals surface area contributed by atoms with Crippen LogP contribution in [0, 0.1) is 5.92 Å². The van der Waals surface area contributed by atoms with Gasteiger partial charge in [0.2, 0.25) is 0 Å². The van der Waals surface area contributed by atoms with E-state index in [2.05, 4.69) is 13.8 Å². The van der Waals surface area contributed by atoms with E-state index in [0.717, 1.165) is 18.4 Å². The predicted molar refractivity (Wildman–Crippen MR) is 52.5 cm³/mol. The quantitative estimate of drug-likeness (QED) is 0.725. The van der Waals surface area contributed by atoms with Crippen molar-refractivity contribution < 1.29 is 9.90 Å². The summed E-state index contributed by atoms with van der Waals surface area (Å²) in [5.41, 5.74) is 1.06. The summed E-state index contributed by atoms with van der Waals surface area (Å²) in [5, 5.41) is 9.23. The van der Waals surface area contributed by atoms with Gasteiger partial charge in [0.15, 0.2) is 5.78 Å². The van der Waals surface area contributed by atoms with Crippen LogP contribution >= 0.6 is 0 Å². The predicted octanol–water partition coefficient (Wildman–Crippen LogP) is 2.76. The Hall–Kier alpha value is -1.05. The molecule has 2 heteroatoms. The molecule has 0 heterocycles. The third kappa shape index (κ3) is 2.72. The van der Waals surface area contributed by atoms with Gasteiger partial charge in [0, 0.05) is 12.5 Å². The lowest BCUT2D eigenvalue weighted by molar-refractivity contribution is -0.114. The van der Waals surface area contributed by atoms with Crippen LogP contribution in [0.5, 0.6) is 0 Å². The van der Waals surface area contributed by atoms with Crippen LogP contribution in [0.15, 0.2) is 23.5 Å². The molecule has 0 unspecified atom stereocenters. The Morgan fingerprint density at radius 1 is 1.54 bits per heavy atom. The van der Waals surface area contributed by atoms with Crippen LogP contribution in [-0.4, -0.2) is 10.9 Å². The van der Waals surface area contributed by atoms with Crippen molar-refractivity contribution >= 4 is 5.78 Å². The normalized spacial score (nSPS) is 19.4. The lowest BCUT2D eigenvalue weighted by Gasteiger charge is -2.16. The minimum absolute atomic E-state index is 0.0120. The Labute approximate surface area is 79.0 Å². The molecule has 0 aliphatic heterocycles. The SMILES string of the molecule is CCC[C@@H](C)C1=CC(O)=CC(=O)C1. The third-order valence-electron chi connectivity index (χ3n) is 2.38. The standard InChI is InChI=1S/C11H16O2/c1-3-4-8(2)9-5-10(12)7-11(13)6-9/h5,7-8,12H,3-4,6H2,1-2H3/t8-/m1/s1. The van der Waals surface area contributed by atoms with Crippen molar-refractivity contribution in [3.05, 3.63) is 23.5 Å². The molecule has 0 saturated heterocycles. The van der Waals surface area contributed by atoms with Gasteiger partial charge in [-0.15, -0.1) is 0 Å². The maximum Gasteiger partial charge on any atom is 0.163 e. The summed E-state index contributed by atoms with van der Waals surface area (Å²) in [6, 6.07) is 0. The fraction of sp³-hybridized carbons (Fsp3) is 0.545. The minimum atomic E-state index is 0.0120. The molecule has 0 aromatic carbocycles. The molecule has 0 spiro atoms. The van der Waals surface area contributed by atoms with E-state index in [4.69, 9.17) is 0 Å². The molecule has 1 rings (SSSR count). The van der Waals surface area contributed by atoms with Gasteiger partial charge < -0.3 is 5.11 Å². The molecule has 1 aliphatic carbocycles. The smallest absolute Gasteiger partial charge is 0.163 e. The van der Waals surface area contributed by atoms with Crippen LogP contribution in [0.3, 0.4) is 0 Å². The highest BCUT2D eigenvalue weighted by Crippen LogP contribution is 2.24. The Kier molecular flexibility index (Phi) is 3.29. The Bertz CT molecular complexity index is 261. The second kappa shape index (κ2) is 4.26. The Morgan fingerprint density at radius 3 is 2.77 bits per heavy atom. The number of aliphatic hydroxyl groups excluding tert-OH is 1. The number of rotatable bonds is 3. The molecule has 0 radical (unpaired) electrons. The van der Waals surface area contributed by atoms with Gasteiger partial charge >= 0.3 is 0 Å². The third-order valence-corrected chi connectivity index (χ3v) is 2.38. The fourth-order valence-corrected chi connectivity index (χ4v) is 1.63. The highest BCUT2D eigenvalue weighted by Gasteiger charge is 2.15. The van der Waals surface area contributed by atoms with Crippen molar-refractivity contribution in [2.24, 2.45) is 5.92 Å². The van der Waals surface area contributed by atoms with E-state index in [9.17, 15) is 9.90 Å². The molecule has 0 saturated carbocycles. The second-order valence-electron chi connectivity index (χ2n) is 3.62. The summed E-state index contributed by atoms with van der Waals surface area (Å²) in [4.78, 5) is 11.1. The number of allylic oxidation sites excluding steroid dienone is 3. The second-order valence-corrected chi connectivity index (χ2v) is 3.62. The number of carbonyl (C=O) groups is 1. The number of hydrogen-bond donors (Lipinski definition) is 1. The molecule has 0 bridgehead atoms. The lowest BCUT2D eigenvalue weighted by Crippen LogP contribution is -2.09. The average Bonchev–Trinajstić information content (AvgIpc) is 2.03. The summed E-state index contributed by atoms with van der Waals surface area (Å²) in [5.74, 6) is 0.525. The zero-order chi connectivity index (χ0) is 9.84. The number of ketones is 1. The molecule has 1 aliphatic rings. The average molecular weight is 180 g/mol. The molecule has 2 nitrogen and oxygen atoms in total. The van der Waals surface area contributed by atoms with Crippen LogP contribution in [0.2, 0.25) is 0 Å². The summed E-state index contributed by atoms with van der Waals surface area (Å²) in [7, 11) is 0. The zero-order valence-electron chi connectivity index (χ0n) is 8.21. The molecule has 0 aromatic rings. The zero-order valence-corrected chi connectivity index (χ0v) is 8.21. The maximum absolute atomic E-state index is 11.1. The Morgan fingerprint density at radius 2 is 2.23 bits per heavy atom.